The highest BCUT2D eigenvalue weighted by molar-refractivity contribution is 9.10. The second-order valence-corrected chi connectivity index (χ2v) is 6.97. The smallest absolute Gasteiger partial charge is 0.224 e. The maximum atomic E-state index is 5.76. The number of nitrogens with zero attached hydrogens (tertiary/aromatic N) is 2. The van der Waals surface area contributed by atoms with Crippen LogP contribution in [0, 0.1) is 0 Å². The minimum atomic E-state index is 0.273. The Labute approximate surface area is 113 Å². The molecule has 16 heavy (non-hydrogen) atoms. The Morgan fingerprint density at radius 3 is 3.19 bits per heavy atom. The van der Waals surface area contributed by atoms with E-state index in [1.54, 1.807) is 6.20 Å². The molecule has 88 valence electrons. The molecule has 0 aliphatic carbocycles. The van der Waals surface area contributed by atoms with Crippen molar-refractivity contribution in [2.45, 2.75) is 24.5 Å². The molecule has 1 unspecified atom stereocenters. The first-order valence-electron chi connectivity index (χ1n) is 5.15. The summed E-state index contributed by atoms with van der Waals surface area (Å²) in [6.07, 6.45) is 4.22. The van der Waals surface area contributed by atoms with Crippen molar-refractivity contribution in [1.82, 2.24) is 9.97 Å². The fourth-order valence-electron chi connectivity index (χ4n) is 1.72. The molecule has 2 heterocycles. The van der Waals surface area contributed by atoms with Crippen LogP contribution in [0.1, 0.15) is 19.8 Å². The SMILES string of the molecule is CC1(CNc2nc(Cl)ncc2Br)CCCS1. The summed E-state index contributed by atoms with van der Waals surface area (Å²) in [5.41, 5.74) is 0. The van der Waals surface area contributed by atoms with Gasteiger partial charge in [0, 0.05) is 17.5 Å². The lowest BCUT2D eigenvalue weighted by Gasteiger charge is -2.23. The lowest BCUT2D eigenvalue weighted by molar-refractivity contribution is 0.633. The average Bonchev–Trinajstić information content (AvgIpc) is 2.67. The summed E-state index contributed by atoms with van der Waals surface area (Å²) in [6.45, 7) is 3.19. The first-order chi connectivity index (χ1) is 7.59. The fraction of sp³-hybridized carbons (Fsp3) is 0.600. The molecular weight excluding hydrogens is 310 g/mol. The van der Waals surface area contributed by atoms with E-state index in [0.717, 1.165) is 16.8 Å². The minimum absolute atomic E-state index is 0.273. The van der Waals surface area contributed by atoms with Crippen LogP contribution in [-0.2, 0) is 0 Å². The molecule has 1 aromatic rings. The normalized spacial score (nSPS) is 24.7. The number of halogens is 2. The van der Waals surface area contributed by atoms with E-state index < -0.39 is 0 Å². The van der Waals surface area contributed by atoms with Gasteiger partial charge in [0.15, 0.2) is 0 Å². The molecule has 2 rings (SSSR count). The lowest BCUT2D eigenvalue weighted by atomic mass is 10.1. The van der Waals surface area contributed by atoms with E-state index in [1.165, 1.54) is 18.6 Å². The van der Waals surface area contributed by atoms with Crippen molar-refractivity contribution >= 4 is 45.1 Å². The lowest BCUT2D eigenvalue weighted by Crippen LogP contribution is -2.27. The number of rotatable bonds is 3. The predicted octanol–water partition coefficient (Wildman–Crippen LogP) is 3.59. The molecule has 0 radical (unpaired) electrons. The average molecular weight is 323 g/mol. The van der Waals surface area contributed by atoms with Crippen molar-refractivity contribution in [2.24, 2.45) is 0 Å². The van der Waals surface area contributed by atoms with E-state index in [9.17, 15) is 0 Å². The molecule has 1 aliphatic heterocycles. The van der Waals surface area contributed by atoms with Gasteiger partial charge in [-0.1, -0.05) is 0 Å². The zero-order valence-corrected chi connectivity index (χ0v) is 12.1. The van der Waals surface area contributed by atoms with Crippen molar-refractivity contribution in [1.29, 1.82) is 0 Å². The number of anilines is 1. The van der Waals surface area contributed by atoms with Crippen LogP contribution in [0.5, 0.6) is 0 Å². The Bertz CT molecular complexity index is 382. The molecule has 0 aromatic carbocycles. The summed E-state index contributed by atoms with van der Waals surface area (Å²) >= 11 is 11.2. The van der Waals surface area contributed by atoms with Crippen LogP contribution in [0.3, 0.4) is 0 Å². The third-order valence-electron chi connectivity index (χ3n) is 2.64. The number of hydrogen-bond acceptors (Lipinski definition) is 4. The summed E-state index contributed by atoms with van der Waals surface area (Å²) in [5.74, 6) is 2.03. The zero-order chi connectivity index (χ0) is 11.6. The molecule has 1 aromatic heterocycles. The Balaban J connectivity index is 2.01. The first kappa shape index (κ1) is 12.5. The van der Waals surface area contributed by atoms with Gasteiger partial charge < -0.3 is 5.32 Å². The van der Waals surface area contributed by atoms with Gasteiger partial charge in [-0.05, 0) is 53.0 Å². The minimum Gasteiger partial charge on any atom is -0.368 e. The van der Waals surface area contributed by atoms with Crippen LogP contribution in [0.25, 0.3) is 0 Å². The van der Waals surface area contributed by atoms with Crippen molar-refractivity contribution in [3.8, 4) is 0 Å². The largest absolute Gasteiger partial charge is 0.368 e. The van der Waals surface area contributed by atoms with Gasteiger partial charge in [-0.2, -0.15) is 16.7 Å². The zero-order valence-electron chi connectivity index (χ0n) is 8.96. The number of thioether (sulfide) groups is 1. The standard InChI is InChI=1S/C10H13BrClN3S/c1-10(3-2-4-16-10)6-14-8-7(11)5-13-9(12)15-8/h5H,2-4,6H2,1H3,(H,13,14,15). The van der Waals surface area contributed by atoms with Gasteiger partial charge in [-0.3, -0.25) is 0 Å². The summed E-state index contributed by atoms with van der Waals surface area (Å²) in [6, 6.07) is 0. The van der Waals surface area contributed by atoms with Crippen LogP contribution < -0.4 is 5.32 Å². The number of nitrogens with one attached hydrogen (secondary N) is 1. The molecule has 1 fully saturated rings. The molecule has 1 atom stereocenters. The van der Waals surface area contributed by atoms with E-state index in [2.05, 4.69) is 38.1 Å². The molecule has 3 nitrogen and oxygen atoms in total. The van der Waals surface area contributed by atoms with E-state index in [1.807, 2.05) is 11.8 Å². The van der Waals surface area contributed by atoms with E-state index >= 15 is 0 Å². The third-order valence-corrected chi connectivity index (χ3v) is 4.95. The fourth-order valence-corrected chi connectivity index (χ4v) is 3.43. The highest BCUT2D eigenvalue weighted by Gasteiger charge is 2.29. The van der Waals surface area contributed by atoms with Gasteiger partial charge in [0.2, 0.25) is 5.28 Å². The summed E-state index contributed by atoms with van der Waals surface area (Å²) in [7, 11) is 0. The highest BCUT2D eigenvalue weighted by atomic mass is 79.9. The topological polar surface area (TPSA) is 37.8 Å². The monoisotopic (exact) mass is 321 g/mol. The summed E-state index contributed by atoms with van der Waals surface area (Å²) in [4.78, 5) is 8.05. The Morgan fingerprint density at radius 1 is 1.69 bits per heavy atom. The molecule has 0 spiro atoms. The molecule has 1 aliphatic rings. The van der Waals surface area contributed by atoms with Crippen LogP contribution >= 0.6 is 39.3 Å². The van der Waals surface area contributed by atoms with Crippen molar-refractivity contribution < 1.29 is 0 Å². The molecule has 0 amide bonds. The van der Waals surface area contributed by atoms with Gasteiger partial charge in [0.25, 0.3) is 0 Å². The highest BCUT2D eigenvalue weighted by Crippen LogP contribution is 2.37. The second-order valence-electron chi connectivity index (χ2n) is 4.09. The maximum absolute atomic E-state index is 5.76. The molecule has 6 heteroatoms. The first-order valence-corrected chi connectivity index (χ1v) is 7.31. The Morgan fingerprint density at radius 2 is 2.50 bits per heavy atom. The van der Waals surface area contributed by atoms with Crippen LogP contribution in [-0.4, -0.2) is 27.0 Å². The van der Waals surface area contributed by atoms with Crippen LogP contribution in [0.4, 0.5) is 5.82 Å². The molecule has 0 saturated carbocycles. The van der Waals surface area contributed by atoms with E-state index in [4.69, 9.17) is 11.6 Å². The summed E-state index contributed by atoms with van der Waals surface area (Å²) in [5, 5.41) is 3.61. The van der Waals surface area contributed by atoms with Gasteiger partial charge in [0.05, 0.1) is 4.47 Å². The summed E-state index contributed by atoms with van der Waals surface area (Å²) < 4.78 is 1.17. The maximum Gasteiger partial charge on any atom is 0.224 e. The molecular formula is C10H13BrClN3S. The predicted molar refractivity (Wildman–Crippen MR) is 73.3 cm³/mol. The van der Waals surface area contributed by atoms with Crippen molar-refractivity contribution in [2.75, 3.05) is 17.6 Å². The third kappa shape index (κ3) is 3.02. The van der Waals surface area contributed by atoms with Gasteiger partial charge in [-0.25, -0.2) is 4.98 Å². The molecule has 0 bridgehead atoms. The molecule has 1 N–H and O–H groups in total. The molecule has 1 saturated heterocycles. The quantitative estimate of drug-likeness (QED) is 0.863. The Hall–Kier alpha value is -0.000000000000000111. The number of hydrogen-bond donors (Lipinski definition) is 1. The van der Waals surface area contributed by atoms with Crippen molar-refractivity contribution in [3.63, 3.8) is 0 Å². The van der Waals surface area contributed by atoms with Gasteiger partial charge in [0.1, 0.15) is 5.82 Å². The second kappa shape index (κ2) is 5.10. The van der Waals surface area contributed by atoms with Crippen molar-refractivity contribution in [3.05, 3.63) is 16.0 Å². The number of aromatic nitrogens is 2. The van der Waals surface area contributed by atoms with E-state index in [0.29, 0.717) is 4.75 Å². The van der Waals surface area contributed by atoms with Gasteiger partial charge in [-0.15, -0.1) is 0 Å². The van der Waals surface area contributed by atoms with Crippen LogP contribution in [0.15, 0.2) is 10.7 Å². The Kier molecular flexibility index (Phi) is 3.97. The van der Waals surface area contributed by atoms with Crippen LogP contribution in [0.2, 0.25) is 5.28 Å². The van der Waals surface area contributed by atoms with Gasteiger partial charge >= 0.3 is 0 Å². The van der Waals surface area contributed by atoms with E-state index in [-0.39, 0.29) is 5.28 Å².